The Balaban J connectivity index is 2.50. The topological polar surface area (TPSA) is 66.4 Å². The van der Waals surface area contributed by atoms with E-state index in [2.05, 4.69) is 21.2 Å². The Bertz CT molecular complexity index is 526. The lowest BCUT2D eigenvalue weighted by molar-refractivity contribution is -0.137. The summed E-state index contributed by atoms with van der Waals surface area (Å²) >= 11 is 3.43. The van der Waals surface area contributed by atoms with Gasteiger partial charge in [0, 0.05) is 17.4 Å². The summed E-state index contributed by atoms with van der Waals surface area (Å²) in [4.78, 5) is 22.7. The number of benzene rings is 1. The Morgan fingerprint density at radius 2 is 1.95 bits per heavy atom. The third-order valence-electron chi connectivity index (χ3n) is 3.54. The van der Waals surface area contributed by atoms with Gasteiger partial charge in [0.25, 0.3) is 5.91 Å². The first-order chi connectivity index (χ1) is 9.73. The zero-order valence-electron chi connectivity index (χ0n) is 12.7. The van der Waals surface area contributed by atoms with Gasteiger partial charge in [-0.3, -0.25) is 9.59 Å². The number of hydrogen-bond acceptors (Lipinski definition) is 2. The second kappa shape index (κ2) is 7.59. The number of aliphatic carboxylic acids is 1. The fourth-order valence-electron chi connectivity index (χ4n) is 2.00. The molecule has 0 spiro atoms. The second-order valence-electron chi connectivity index (χ2n) is 6.00. The van der Waals surface area contributed by atoms with Gasteiger partial charge in [-0.15, -0.1) is 0 Å². The van der Waals surface area contributed by atoms with E-state index in [1.165, 1.54) is 0 Å². The van der Waals surface area contributed by atoms with Crippen LogP contribution >= 0.6 is 15.9 Å². The van der Waals surface area contributed by atoms with E-state index in [0.717, 1.165) is 16.5 Å². The Morgan fingerprint density at radius 1 is 1.29 bits per heavy atom. The molecule has 4 nitrogen and oxygen atoms in total. The lowest BCUT2D eigenvalue weighted by atomic mass is 9.84. The van der Waals surface area contributed by atoms with Crippen LogP contribution in [0.3, 0.4) is 0 Å². The summed E-state index contributed by atoms with van der Waals surface area (Å²) in [5.41, 5.74) is 1.54. The summed E-state index contributed by atoms with van der Waals surface area (Å²) in [7, 11) is 0. The number of amides is 1. The highest BCUT2D eigenvalue weighted by Gasteiger charge is 2.19. The van der Waals surface area contributed by atoms with E-state index in [1.807, 2.05) is 32.9 Å². The fourth-order valence-corrected chi connectivity index (χ4v) is 2.45. The van der Waals surface area contributed by atoms with E-state index in [0.29, 0.717) is 18.5 Å². The molecule has 1 aromatic rings. The van der Waals surface area contributed by atoms with Crippen molar-refractivity contribution in [2.75, 3.05) is 6.54 Å². The van der Waals surface area contributed by atoms with Crippen LogP contribution in [0.5, 0.6) is 0 Å². The van der Waals surface area contributed by atoms with Crippen LogP contribution in [0.15, 0.2) is 22.7 Å². The smallest absolute Gasteiger partial charge is 0.303 e. The number of carbonyl (C=O) groups is 2. The molecule has 21 heavy (non-hydrogen) atoms. The van der Waals surface area contributed by atoms with Gasteiger partial charge in [0.2, 0.25) is 0 Å². The minimum atomic E-state index is -0.782. The van der Waals surface area contributed by atoms with Gasteiger partial charge in [-0.05, 0) is 52.7 Å². The molecule has 0 bridgehead atoms. The predicted octanol–water partition coefficient (Wildman–Crippen LogP) is 3.77. The van der Waals surface area contributed by atoms with Gasteiger partial charge < -0.3 is 10.4 Å². The first-order valence-electron chi connectivity index (χ1n) is 6.98. The van der Waals surface area contributed by atoms with Gasteiger partial charge in [0.05, 0.1) is 5.56 Å². The molecule has 0 heterocycles. The van der Waals surface area contributed by atoms with Gasteiger partial charge in [-0.2, -0.15) is 0 Å². The van der Waals surface area contributed by atoms with E-state index < -0.39 is 5.97 Å². The lowest BCUT2D eigenvalue weighted by Gasteiger charge is -2.23. The van der Waals surface area contributed by atoms with Crippen molar-refractivity contribution in [3.05, 3.63) is 33.8 Å². The van der Waals surface area contributed by atoms with E-state index in [1.54, 1.807) is 6.07 Å². The van der Waals surface area contributed by atoms with Crippen LogP contribution in [0.4, 0.5) is 0 Å². The molecule has 0 aliphatic heterocycles. The monoisotopic (exact) mass is 355 g/mol. The fraction of sp³-hybridized carbons (Fsp3) is 0.500. The van der Waals surface area contributed by atoms with Gasteiger partial charge in [-0.25, -0.2) is 0 Å². The Kier molecular flexibility index (Phi) is 6.40. The van der Waals surface area contributed by atoms with Crippen LogP contribution in [-0.4, -0.2) is 23.5 Å². The van der Waals surface area contributed by atoms with Gasteiger partial charge in [0.1, 0.15) is 0 Å². The summed E-state index contributed by atoms with van der Waals surface area (Å²) in [6, 6.07) is 5.57. The van der Waals surface area contributed by atoms with Crippen molar-refractivity contribution in [1.29, 1.82) is 0 Å². The summed E-state index contributed by atoms with van der Waals surface area (Å²) in [5, 5.41) is 11.6. The molecule has 0 aromatic heterocycles. The first-order valence-corrected chi connectivity index (χ1v) is 7.77. The second-order valence-corrected chi connectivity index (χ2v) is 6.79. The molecule has 0 saturated heterocycles. The summed E-state index contributed by atoms with van der Waals surface area (Å²) < 4.78 is 0.813. The van der Waals surface area contributed by atoms with E-state index in [9.17, 15) is 9.59 Å². The number of hydrogen-bond donors (Lipinski definition) is 2. The van der Waals surface area contributed by atoms with E-state index in [-0.39, 0.29) is 17.7 Å². The van der Waals surface area contributed by atoms with Crippen LogP contribution in [0, 0.1) is 12.3 Å². The maximum atomic E-state index is 12.1. The normalized spacial score (nSPS) is 11.2. The Labute approximate surface area is 134 Å². The maximum Gasteiger partial charge on any atom is 0.303 e. The molecule has 0 aliphatic carbocycles. The molecule has 0 aliphatic rings. The first kappa shape index (κ1) is 17.7. The number of halogens is 1. The molecule has 1 aromatic carbocycles. The quantitative estimate of drug-likeness (QED) is 0.782. The standard InChI is InChI=1S/C16H22BrNO3/c1-11-5-4-6-12(14(11)17)15(21)18-10-9-16(2,3)8-7-13(19)20/h4-6H,7-10H2,1-3H3,(H,18,21)(H,19,20). The molecule has 0 atom stereocenters. The van der Waals surface area contributed by atoms with Crippen LogP contribution in [0.1, 0.15) is 49.0 Å². The molecule has 0 fully saturated rings. The van der Waals surface area contributed by atoms with Gasteiger partial charge in [0.15, 0.2) is 0 Å². The minimum Gasteiger partial charge on any atom is -0.481 e. The minimum absolute atomic E-state index is 0.102. The van der Waals surface area contributed by atoms with Crippen molar-refractivity contribution in [2.45, 2.75) is 40.0 Å². The summed E-state index contributed by atoms with van der Waals surface area (Å²) in [5.74, 6) is -0.893. The molecule has 116 valence electrons. The highest BCUT2D eigenvalue weighted by molar-refractivity contribution is 9.10. The van der Waals surface area contributed by atoms with Crippen molar-refractivity contribution >= 4 is 27.8 Å². The third kappa shape index (κ3) is 5.87. The number of rotatable bonds is 7. The largest absolute Gasteiger partial charge is 0.481 e. The zero-order valence-corrected chi connectivity index (χ0v) is 14.3. The number of carbonyl (C=O) groups excluding carboxylic acids is 1. The molecule has 5 heteroatoms. The van der Waals surface area contributed by atoms with Crippen LogP contribution in [0.25, 0.3) is 0 Å². The molecule has 0 radical (unpaired) electrons. The van der Waals surface area contributed by atoms with Crippen molar-refractivity contribution in [3.63, 3.8) is 0 Å². The Morgan fingerprint density at radius 3 is 2.57 bits per heavy atom. The molecule has 0 saturated carbocycles. The van der Waals surface area contributed by atoms with E-state index >= 15 is 0 Å². The van der Waals surface area contributed by atoms with Crippen LogP contribution < -0.4 is 5.32 Å². The molecule has 1 rings (SSSR count). The Hall–Kier alpha value is -1.36. The van der Waals surface area contributed by atoms with Gasteiger partial charge in [-0.1, -0.05) is 26.0 Å². The van der Waals surface area contributed by atoms with Crippen molar-refractivity contribution in [3.8, 4) is 0 Å². The maximum absolute atomic E-state index is 12.1. The highest BCUT2D eigenvalue weighted by Crippen LogP contribution is 2.26. The van der Waals surface area contributed by atoms with Crippen LogP contribution in [-0.2, 0) is 4.79 Å². The molecular formula is C16H22BrNO3. The third-order valence-corrected chi connectivity index (χ3v) is 4.59. The predicted molar refractivity (Wildman–Crippen MR) is 86.5 cm³/mol. The van der Waals surface area contributed by atoms with Crippen molar-refractivity contribution in [1.82, 2.24) is 5.32 Å². The number of carboxylic acid groups (broad SMARTS) is 1. The number of aryl methyl sites for hydroxylation is 1. The number of nitrogens with one attached hydrogen (secondary N) is 1. The summed E-state index contributed by atoms with van der Waals surface area (Å²) in [6.45, 7) is 6.51. The lowest BCUT2D eigenvalue weighted by Crippen LogP contribution is -2.28. The summed E-state index contributed by atoms with van der Waals surface area (Å²) in [6.07, 6.45) is 1.51. The zero-order chi connectivity index (χ0) is 16.0. The molecule has 0 unspecified atom stereocenters. The van der Waals surface area contributed by atoms with Crippen molar-refractivity contribution in [2.24, 2.45) is 5.41 Å². The number of carboxylic acids is 1. The van der Waals surface area contributed by atoms with E-state index in [4.69, 9.17) is 5.11 Å². The SMILES string of the molecule is Cc1cccc(C(=O)NCCC(C)(C)CCC(=O)O)c1Br. The average Bonchev–Trinajstić information content (AvgIpc) is 2.39. The molecule has 1 amide bonds. The van der Waals surface area contributed by atoms with Gasteiger partial charge >= 0.3 is 5.97 Å². The molecular weight excluding hydrogens is 334 g/mol. The average molecular weight is 356 g/mol. The van der Waals surface area contributed by atoms with Crippen molar-refractivity contribution < 1.29 is 14.7 Å². The highest BCUT2D eigenvalue weighted by atomic mass is 79.9. The molecule has 2 N–H and O–H groups in total. The van der Waals surface area contributed by atoms with Crippen LogP contribution in [0.2, 0.25) is 0 Å².